The van der Waals surface area contributed by atoms with Crippen LogP contribution >= 0.6 is 11.6 Å². The summed E-state index contributed by atoms with van der Waals surface area (Å²) in [6.45, 7) is 2.00. The molecule has 1 amide bonds. The Morgan fingerprint density at radius 3 is 2.47 bits per heavy atom. The lowest BCUT2D eigenvalue weighted by atomic mass is 10.2. The number of nitrogens with one attached hydrogen (secondary N) is 1. The van der Waals surface area contributed by atoms with Crippen molar-refractivity contribution >= 4 is 29.3 Å². The fraction of sp³-hybridized carbons (Fsp3) is 0.0625. The van der Waals surface area contributed by atoms with Crippen molar-refractivity contribution in [2.45, 2.75) is 6.92 Å². The van der Waals surface area contributed by atoms with Crippen LogP contribution in [0.2, 0.25) is 5.02 Å². The molecule has 0 aliphatic rings. The van der Waals surface area contributed by atoms with E-state index in [4.69, 9.17) is 11.6 Å². The van der Waals surface area contributed by atoms with Gasteiger partial charge in [0.1, 0.15) is 0 Å². The fourth-order valence-corrected chi connectivity index (χ4v) is 1.80. The molecular formula is C16H14ClNO. The van der Waals surface area contributed by atoms with Gasteiger partial charge in [0.05, 0.1) is 0 Å². The molecule has 0 spiro atoms. The summed E-state index contributed by atoms with van der Waals surface area (Å²) in [5.74, 6) is -0.177. The zero-order valence-corrected chi connectivity index (χ0v) is 11.3. The van der Waals surface area contributed by atoms with Crippen molar-refractivity contribution in [3.8, 4) is 0 Å². The smallest absolute Gasteiger partial charge is 0.248 e. The lowest BCUT2D eigenvalue weighted by Crippen LogP contribution is -2.07. The molecule has 0 aliphatic heterocycles. The molecule has 3 heteroatoms. The lowest BCUT2D eigenvalue weighted by molar-refractivity contribution is -0.111. The van der Waals surface area contributed by atoms with Crippen LogP contribution in [-0.2, 0) is 4.79 Å². The van der Waals surface area contributed by atoms with Gasteiger partial charge in [-0.25, -0.2) is 0 Å². The van der Waals surface area contributed by atoms with Gasteiger partial charge < -0.3 is 5.32 Å². The van der Waals surface area contributed by atoms with Crippen LogP contribution in [0.4, 0.5) is 5.69 Å². The van der Waals surface area contributed by atoms with E-state index in [2.05, 4.69) is 5.32 Å². The molecule has 2 aromatic carbocycles. The molecule has 0 atom stereocenters. The number of aryl methyl sites for hydroxylation is 1. The summed E-state index contributed by atoms with van der Waals surface area (Å²) in [4.78, 5) is 11.7. The Hall–Kier alpha value is -2.06. The SMILES string of the molecule is Cc1ccc(NC(=O)C=Cc2ccccc2Cl)cc1. The number of hydrogen-bond donors (Lipinski definition) is 1. The monoisotopic (exact) mass is 271 g/mol. The molecule has 0 bridgehead atoms. The molecule has 0 radical (unpaired) electrons. The fourth-order valence-electron chi connectivity index (χ4n) is 1.60. The van der Waals surface area contributed by atoms with E-state index in [9.17, 15) is 4.79 Å². The van der Waals surface area contributed by atoms with Crippen molar-refractivity contribution in [2.75, 3.05) is 5.32 Å². The molecular weight excluding hydrogens is 258 g/mol. The Labute approximate surface area is 117 Å². The molecule has 19 heavy (non-hydrogen) atoms. The molecule has 0 aromatic heterocycles. The normalized spacial score (nSPS) is 10.6. The van der Waals surface area contributed by atoms with Crippen LogP contribution in [-0.4, -0.2) is 5.91 Å². The Kier molecular flexibility index (Phi) is 4.37. The van der Waals surface area contributed by atoms with Gasteiger partial charge >= 0.3 is 0 Å². The van der Waals surface area contributed by atoms with Crippen molar-refractivity contribution in [3.63, 3.8) is 0 Å². The molecule has 1 N–H and O–H groups in total. The first kappa shape index (κ1) is 13.4. The van der Waals surface area contributed by atoms with Gasteiger partial charge in [-0.05, 0) is 36.8 Å². The number of anilines is 1. The highest BCUT2D eigenvalue weighted by atomic mass is 35.5. The Morgan fingerprint density at radius 2 is 1.79 bits per heavy atom. The van der Waals surface area contributed by atoms with Crippen molar-refractivity contribution < 1.29 is 4.79 Å². The Bertz CT molecular complexity index is 602. The Balaban J connectivity index is 2.02. The van der Waals surface area contributed by atoms with Gasteiger partial charge in [0, 0.05) is 16.8 Å². The van der Waals surface area contributed by atoms with E-state index in [0.29, 0.717) is 5.02 Å². The van der Waals surface area contributed by atoms with Crippen LogP contribution < -0.4 is 5.32 Å². The van der Waals surface area contributed by atoms with Gasteiger partial charge in [-0.2, -0.15) is 0 Å². The number of carbonyl (C=O) groups is 1. The highest BCUT2D eigenvalue weighted by molar-refractivity contribution is 6.32. The van der Waals surface area contributed by atoms with Crippen LogP contribution in [0.5, 0.6) is 0 Å². The number of carbonyl (C=O) groups excluding carboxylic acids is 1. The maximum Gasteiger partial charge on any atom is 0.248 e. The summed E-state index contributed by atoms with van der Waals surface area (Å²) in [6.07, 6.45) is 3.17. The summed E-state index contributed by atoms with van der Waals surface area (Å²) in [7, 11) is 0. The molecule has 0 saturated carbocycles. The maximum absolute atomic E-state index is 11.7. The quantitative estimate of drug-likeness (QED) is 0.829. The van der Waals surface area contributed by atoms with Crippen molar-refractivity contribution in [1.29, 1.82) is 0 Å². The van der Waals surface area contributed by atoms with Gasteiger partial charge in [-0.3, -0.25) is 4.79 Å². The topological polar surface area (TPSA) is 29.1 Å². The zero-order chi connectivity index (χ0) is 13.7. The molecule has 0 heterocycles. The first-order valence-electron chi connectivity index (χ1n) is 5.95. The van der Waals surface area contributed by atoms with E-state index in [0.717, 1.165) is 16.8 Å². The van der Waals surface area contributed by atoms with Crippen molar-refractivity contribution in [2.24, 2.45) is 0 Å². The number of amides is 1. The number of hydrogen-bond acceptors (Lipinski definition) is 1. The van der Waals surface area contributed by atoms with Gasteiger partial charge in [-0.1, -0.05) is 47.5 Å². The van der Waals surface area contributed by atoms with E-state index < -0.39 is 0 Å². The standard InChI is InChI=1S/C16H14ClNO/c1-12-6-9-14(10-7-12)18-16(19)11-8-13-4-2-3-5-15(13)17/h2-11H,1H3,(H,18,19). The van der Waals surface area contributed by atoms with E-state index >= 15 is 0 Å². The van der Waals surface area contributed by atoms with Crippen LogP contribution in [0.1, 0.15) is 11.1 Å². The molecule has 2 rings (SSSR count). The van der Waals surface area contributed by atoms with E-state index in [1.807, 2.05) is 49.4 Å². The predicted octanol–water partition coefficient (Wildman–Crippen LogP) is 4.30. The molecule has 96 valence electrons. The molecule has 0 fully saturated rings. The third-order valence-electron chi connectivity index (χ3n) is 2.64. The summed E-state index contributed by atoms with van der Waals surface area (Å²) in [5.41, 5.74) is 2.76. The minimum Gasteiger partial charge on any atom is -0.323 e. The van der Waals surface area contributed by atoms with Gasteiger partial charge in [0.25, 0.3) is 0 Å². The largest absolute Gasteiger partial charge is 0.323 e. The van der Waals surface area contributed by atoms with Gasteiger partial charge in [0.15, 0.2) is 0 Å². The van der Waals surface area contributed by atoms with Crippen LogP contribution in [0.3, 0.4) is 0 Å². The summed E-state index contributed by atoms with van der Waals surface area (Å²) in [6, 6.07) is 15.0. The van der Waals surface area contributed by atoms with E-state index in [1.165, 1.54) is 6.08 Å². The zero-order valence-electron chi connectivity index (χ0n) is 10.6. The second-order valence-electron chi connectivity index (χ2n) is 4.21. The molecule has 0 aliphatic carbocycles. The third-order valence-corrected chi connectivity index (χ3v) is 2.98. The van der Waals surface area contributed by atoms with Gasteiger partial charge in [-0.15, -0.1) is 0 Å². The first-order valence-corrected chi connectivity index (χ1v) is 6.33. The van der Waals surface area contributed by atoms with Crippen molar-refractivity contribution in [3.05, 3.63) is 70.8 Å². The predicted molar refractivity (Wildman–Crippen MR) is 80.3 cm³/mol. The maximum atomic E-state index is 11.7. The summed E-state index contributed by atoms with van der Waals surface area (Å²) < 4.78 is 0. The number of halogens is 1. The van der Waals surface area contributed by atoms with Crippen LogP contribution in [0.15, 0.2) is 54.6 Å². The third kappa shape index (κ3) is 3.97. The summed E-state index contributed by atoms with van der Waals surface area (Å²) >= 11 is 6.00. The van der Waals surface area contributed by atoms with Crippen LogP contribution in [0, 0.1) is 6.92 Å². The minimum atomic E-state index is -0.177. The highest BCUT2D eigenvalue weighted by Crippen LogP contribution is 2.16. The van der Waals surface area contributed by atoms with Crippen molar-refractivity contribution in [1.82, 2.24) is 0 Å². The Morgan fingerprint density at radius 1 is 1.11 bits per heavy atom. The first-order chi connectivity index (χ1) is 9.15. The average molecular weight is 272 g/mol. The summed E-state index contributed by atoms with van der Waals surface area (Å²) in [5, 5.41) is 3.42. The van der Waals surface area contributed by atoms with E-state index in [1.54, 1.807) is 12.1 Å². The highest BCUT2D eigenvalue weighted by Gasteiger charge is 1.98. The second-order valence-corrected chi connectivity index (χ2v) is 4.62. The second kappa shape index (κ2) is 6.21. The van der Waals surface area contributed by atoms with E-state index in [-0.39, 0.29) is 5.91 Å². The average Bonchev–Trinajstić information content (AvgIpc) is 2.40. The molecule has 0 saturated heterocycles. The number of benzene rings is 2. The molecule has 0 unspecified atom stereocenters. The lowest BCUT2D eigenvalue weighted by Gasteiger charge is -2.02. The number of rotatable bonds is 3. The van der Waals surface area contributed by atoms with Gasteiger partial charge in [0.2, 0.25) is 5.91 Å². The molecule has 2 aromatic rings. The minimum absolute atomic E-state index is 0.177. The van der Waals surface area contributed by atoms with Crippen LogP contribution in [0.25, 0.3) is 6.08 Å². The molecule has 2 nitrogen and oxygen atoms in total.